The highest BCUT2D eigenvalue weighted by atomic mass is 28.4. The number of aliphatic hydroxyl groups excluding tert-OH is 2. The van der Waals surface area contributed by atoms with Crippen LogP contribution in [0.5, 0.6) is 0 Å². The molecule has 2 aromatic rings. The van der Waals surface area contributed by atoms with Crippen LogP contribution in [0.4, 0.5) is 0 Å². The molecule has 31 heavy (non-hydrogen) atoms. The molecule has 1 fully saturated rings. The predicted octanol–water partition coefficient (Wildman–Crippen LogP) is 2.30. The molecule has 1 aliphatic carbocycles. The van der Waals surface area contributed by atoms with E-state index in [0.717, 1.165) is 10.4 Å². The maximum absolute atomic E-state index is 13.0. The van der Waals surface area contributed by atoms with Crippen LogP contribution in [0.25, 0.3) is 0 Å². The van der Waals surface area contributed by atoms with Crippen LogP contribution in [-0.4, -0.2) is 48.4 Å². The second-order valence-corrected chi connectivity index (χ2v) is 13.8. The summed E-state index contributed by atoms with van der Waals surface area (Å²) >= 11 is 0. The van der Waals surface area contributed by atoms with Crippen LogP contribution in [0.3, 0.4) is 0 Å². The van der Waals surface area contributed by atoms with E-state index in [2.05, 4.69) is 45.0 Å². The number of rotatable bonds is 4. The van der Waals surface area contributed by atoms with E-state index in [1.165, 1.54) is 6.08 Å². The first-order valence-corrected chi connectivity index (χ1v) is 12.6. The zero-order chi connectivity index (χ0) is 22.3. The Balaban J connectivity index is 1.77. The fourth-order valence-corrected chi connectivity index (χ4v) is 9.49. The van der Waals surface area contributed by atoms with Crippen molar-refractivity contribution < 1.29 is 24.2 Å². The van der Waals surface area contributed by atoms with Gasteiger partial charge in [0.25, 0.3) is 8.32 Å². The highest BCUT2D eigenvalue weighted by molar-refractivity contribution is 6.99. The molecule has 1 spiro atoms. The molecular weight excluding hydrogens is 408 g/mol. The highest BCUT2D eigenvalue weighted by Crippen LogP contribution is 2.42. The maximum Gasteiger partial charge on any atom is 0.335 e. The molecular formula is C25H30O5Si. The van der Waals surface area contributed by atoms with Crippen LogP contribution in [0, 0.1) is 0 Å². The lowest BCUT2D eigenvalue weighted by Crippen LogP contribution is -2.68. The quantitative estimate of drug-likeness (QED) is 0.435. The fourth-order valence-electron chi connectivity index (χ4n) is 4.87. The lowest BCUT2D eigenvalue weighted by atomic mass is 9.85. The van der Waals surface area contributed by atoms with Gasteiger partial charge < -0.3 is 19.4 Å². The van der Waals surface area contributed by atoms with Crippen LogP contribution < -0.4 is 10.4 Å². The van der Waals surface area contributed by atoms with E-state index in [1.54, 1.807) is 6.08 Å². The van der Waals surface area contributed by atoms with Gasteiger partial charge in [-0.15, -0.1) is 0 Å². The van der Waals surface area contributed by atoms with Crippen molar-refractivity contribution in [2.24, 2.45) is 0 Å². The first-order valence-electron chi connectivity index (χ1n) is 10.7. The number of hydrogen-bond acceptors (Lipinski definition) is 5. The standard InChI is InChI=1S/C25H30O5Si/c1-24(2,3)31(18-10-6-4-7-11-18,19-12-8-5-9-13-19)30-22-17-25(29-23(22)28)15-14-20(26)21(27)16-25/h4-15,20-22,26-27H,16-17H2,1-3H3/t20-,21+,22?,25+/m0/s1. The summed E-state index contributed by atoms with van der Waals surface area (Å²) in [5.74, 6) is -0.416. The molecule has 0 saturated carbocycles. The van der Waals surface area contributed by atoms with E-state index in [-0.39, 0.29) is 11.5 Å². The van der Waals surface area contributed by atoms with Gasteiger partial charge in [-0.1, -0.05) is 87.5 Å². The van der Waals surface area contributed by atoms with Crippen LogP contribution in [0.2, 0.25) is 5.04 Å². The van der Waals surface area contributed by atoms with E-state index in [4.69, 9.17) is 9.16 Å². The number of carbonyl (C=O) groups is 1. The lowest BCUT2D eigenvalue weighted by Gasteiger charge is -2.44. The van der Waals surface area contributed by atoms with Gasteiger partial charge in [-0.05, 0) is 21.5 Å². The van der Waals surface area contributed by atoms with Gasteiger partial charge in [-0.3, -0.25) is 0 Å². The number of hydrogen-bond donors (Lipinski definition) is 2. The van der Waals surface area contributed by atoms with Gasteiger partial charge in [0.05, 0.1) is 12.2 Å². The summed E-state index contributed by atoms with van der Waals surface area (Å²) in [6, 6.07) is 20.3. The lowest BCUT2D eigenvalue weighted by molar-refractivity contribution is -0.152. The third-order valence-corrected chi connectivity index (χ3v) is 11.4. The Bertz CT molecular complexity index is 913. The molecule has 1 unspecified atom stereocenters. The molecule has 5 nitrogen and oxygen atoms in total. The van der Waals surface area contributed by atoms with Crippen molar-refractivity contribution in [3.05, 3.63) is 72.8 Å². The summed E-state index contributed by atoms with van der Waals surface area (Å²) in [4.78, 5) is 13.0. The molecule has 2 aliphatic rings. The van der Waals surface area contributed by atoms with Crippen molar-refractivity contribution in [3.63, 3.8) is 0 Å². The molecule has 1 heterocycles. The Kier molecular flexibility index (Phi) is 5.68. The summed E-state index contributed by atoms with van der Waals surface area (Å²) < 4.78 is 12.7. The van der Waals surface area contributed by atoms with E-state index in [9.17, 15) is 15.0 Å². The highest BCUT2D eigenvalue weighted by Gasteiger charge is 2.56. The average Bonchev–Trinajstić information content (AvgIpc) is 3.04. The van der Waals surface area contributed by atoms with E-state index in [1.807, 2.05) is 36.4 Å². The molecule has 4 rings (SSSR count). The molecule has 0 aromatic heterocycles. The Morgan fingerprint density at radius 2 is 1.52 bits per heavy atom. The molecule has 2 N–H and O–H groups in total. The largest absolute Gasteiger partial charge is 0.453 e. The molecule has 0 radical (unpaired) electrons. The molecule has 2 aromatic carbocycles. The van der Waals surface area contributed by atoms with Crippen molar-refractivity contribution in [1.29, 1.82) is 0 Å². The summed E-state index contributed by atoms with van der Waals surface area (Å²) in [5, 5.41) is 21.9. The Morgan fingerprint density at radius 1 is 0.968 bits per heavy atom. The molecule has 0 bridgehead atoms. The van der Waals surface area contributed by atoms with Crippen LogP contribution in [0.15, 0.2) is 72.8 Å². The van der Waals surface area contributed by atoms with E-state index < -0.39 is 38.2 Å². The Labute approximate surface area is 184 Å². The fraction of sp³-hybridized carbons (Fsp3) is 0.400. The summed E-state index contributed by atoms with van der Waals surface area (Å²) in [6.07, 6.45) is 1.03. The van der Waals surface area contributed by atoms with Gasteiger partial charge in [-0.2, -0.15) is 0 Å². The first kappa shape index (κ1) is 22.0. The van der Waals surface area contributed by atoms with Crippen LogP contribution in [-0.2, 0) is 14.0 Å². The predicted molar refractivity (Wildman–Crippen MR) is 122 cm³/mol. The van der Waals surface area contributed by atoms with Crippen molar-refractivity contribution in [1.82, 2.24) is 0 Å². The van der Waals surface area contributed by atoms with Gasteiger partial charge in [0.1, 0.15) is 11.7 Å². The van der Waals surface area contributed by atoms with Gasteiger partial charge in [0.2, 0.25) is 0 Å². The molecule has 1 aliphatic heterocycles. The minimum Gasteiger partial charge on any atom is -0.453 e. The first-order chi connectivity index (χ1) is 14.7. The second kappa shape index (κ2) is 8.02. The number of aliphatic hydroxyl groups is 2. The van der Waals surface area contributed by atoms with Crippen LogP contribution in [0.1, 0.15) is 33.6 Å². The number of benzene rings is 2. The van der Waals surface area contributed by atoms with Gasteiger partial charge in [0.15, 0.2) is 0 Å². The van der Waals surface area contributed by atoms with Crippen LogP contribution >= 0.6 is 0 Å². The van der Waals surface area contributed by atoms with E-state index >= 15 is 0 Å². The zero-order valence-electron chi connectivity index (χ0n) is 18.2. The van der Waals surface area contributed by atoms with Crippen molar-refractivity contribution in [2.75, 3.05) is 0 Å². The third kappa shape index (κ3) is 3.89. The molecule has 1 saturated heterocycles. The van der Waals surface area contributed by atoms with E-state index in [0.29, 0.717) is 6.42 Å². The summed E-state index contributed by atoms with van der Waals surface area (Å²) in [6.45, 7) is 6.49. The molecule has 4 atom stereocenters. The normalized spacial score (nSPS) is 28.7. The number of esters is 1. The second-order valence-electron chi connectivity index (χ2n) is 9.58. The van der Waals surface area contributed by atoms with Gasteiger partial charge in [0, 0.05) is 12.8 Å². The molecule has 0 amide bonds. The van der Waals surface area contributed by atoms with Crippen molar-refractivity contribution >= 4 is 24.7 Å². The number of ether oxygens (including phenoxy) is 1. The Morgan fingerprint density at radius 3 is 2.00 bits per heavy atom. The zero-order valence-corrected chi connectivity index (χ0v) is 19.2. The minimum absolute atomic E-state index is 0.164. The van der Waals surface area contributed by atoms with Gasteiger partial charge >= 0.3 is 5.97 Å². The average molecular weight is 439 g/mol. The van der Waals surface area contributed by atoms with Crippen molar-refractivity contribution in [3.8, 4) is 0 Å². The van der Waals surface area contributed by atoms with Gasteiger partial charge in [-0.25, -0.2) is 4.79 Å². The monoisotopic (exact) mass is 438 g/mol. The number of carbonyl (C=O) groups excluding carboxylic acids is 1. The summed E-state index contributed by atoms with van der Waals surface area (Å²) in [5.41, 5.74) is -0.939. The Hall–Kier alpha value is -2.25. The summed E-state index contributed by atoms with van der Waals surface area (Å²) in [7, 11) is -2.90. The maximum atomic E-state index is 13.0. The molecule has 6 heteroatoms. The minimum atomic E-state index is -2.90. The topological polar surface area (TPSA) is 76.0 Å². The SMILES string of the molecule is CC(C)(C)[Si](OC1C[C@]2(C=C[C@H](O)[C@H](O)C2)OC1=O)(c1ccccc1)c1ccccc1. The van der Waals surface area contributed by atoms with Crippen molar-refractivity contribution in [2.45, 2.75) is 62.6 Å². The molecule has 164 valence electrons. The third-order valence-electron chi connectivity index (χ3n) is 6.38. The smallest absolute Gasteiger partial charge is 0.335 e.